The Morgan fingerprint density at radius 3 is 2.82 bits per heavy atom. The van der Waals surface area contributed by atoms with Gasteiger partial charge in [0.25, 0.3) is 0 Å². The summed E-state index contributed by atoms with van der Waals surface area (Å²) < 4.78 is 10.5. The van der Waals surface area contributed by atoms with Gasteiger partial charge in [0, 0.05) is 11.5 Å². The van der Waals surface area contributed by atoms with Crippen LogP contribution in [0.4, 0.5) is 0 Å². The van der Waals surface area contributed by atoms with Crippen LogP contribution < -0.4 is 0 Å². The van der Waals surface area contributed by atoms with Crippen LogP contribution in [-0.4, -0.2) is 24.1 Å². The number of esters is 2. The third-order valence-electron chi connectivity index (χ3n) is 3.69. The van der Waals surface area contributed by atoms with Gasteiger partial charge in [0.15, 0.2) is 0 Å². The first-order chi connectivity index (χ1) is 7.99. The van der Waals surface area contributed by atoms with Gasteiger partial charge < -0.3 is 9.47 Å². The fourth-order valence-corrected chi connectivity index (χ4v) is 2.71. The monoisotopic (exact) mass is 238 g/mol. The van der Waals surface area contributed by atoms with E-state index >= 15 is 0 Å². The summed E-state index contributed by atoms with van der Waals surface area (Å²) in [6.07, 6.45) is 2.11. The molecule has 0 radical (unpaired) electrons. The summed E-state index contributed by atoms with van der Waals surface area (Å²) >= 11 is 0. The second kappa shape index (κ2) is 4.51. The van der Waals surface area contributed by atoms with Crippen molar-refractivity contribution < 1.29 is 19.1 Å². The van der Waals surface area contributed by atoms with Gasteiger partial charge in [-0.3, -0.25) is 4.79 Å². The lowest BCUT2D eigenvalue weighted by Gasteiger charge is -2.29. The Morgan fingerprint density at radius 2 is 2.18 bits per heavy atom. The quantitative estimate of drug-likeness (QED) is 0.544. The number of carbonyl (C=O) groups is 2. The molecule has 2 fully saturated rings. The minimum Gasteiger partial charge on any atom is -0.462 e. The molecular weight excluding hydrogens is 220 g/mol. The van der Waals surface area contributed by atoms with Crippen molar-refractivity contribution in [1.29, 1.82) is 0 Å². The van der Waals surface area contributed by atoms with E-state index in [1.54, 1.807) is 6.92 Å². The Labute approximate surface area is 101 Å². The molecule has 0 aromatic rings. The molecule has 2 rings (SSSR count). The summed E-state index contributed by atoms with van der Waals surface area (Å²) in [6, 6.07) is 0. The van der Waals surface area contributed by atoms with Gasteiger partial charge in [0.1, 0.15) is 12.2 Å². The fraction of sp³-hybridized carbons (Fsp3) is 0.692. The maximum absolute atomic E-state index is 11.6. The summed E-state index contributed by atoms with van der Waals surface area (Å²) in [5, 5.41) is 0. The van der Waals surface area contributed by atoms with E-state index in [1.807, 2.05) is 6.92 Å². The molecule has 1 aliphatic carbocycles. The Balaban J connectivity index is 1.96. The summed E-state index contributed by atoms with van der Waals surface area (Å²) in [5.41, 5.74) is 0.398. The van der Waals surface area contributed by atoms with Gasteiger partial charge in [0.05, 0.1) is 5.92 Å². The summed E-state index contributed by atoms with van der Waals surface area (Å²) in [7, 11) is 0. The topological polar surface area (TPSA) is 52.6 Å². The summed E-state index contributed by atoms with van der Waals surface area (Å²) in [5.74, 6) is -0.310. The molecule has 0 aromatic heterocycles. The highest BCUT2D eigenvalue weighted by molar-refractivity contribution is 5.87. The van der Waals surface area contributed by atoms with Crippen LogP contribution >= 0.6 is 0 Å². The standard InChI is InChI=1S/C13H18O4/c1-7(2)12(14)17-9-4-5-10-8(3)16-13(15)11(10)6-9/h8-11H,1,4-6H2,2-3H3. The number of hydrogen-bond acceptors (Lipinski definition) is 4. The Hall–Kier alpha value is -1.32. The minimum atomic E-state index is -0.368. The molecule has 2 aliphatic rings. The molecule has 0 bridgehead atoms. The van der Waals surface area contributed by atoms with Gasteiger partial charge in [-0.15, -0.1) is 0 Å². The molecule has 4 unspecified atom stereocenters. The predicted molar refractivity (Wildman–Crippen MR) is 61.1 cm³/mol. The molecule has 4 nitrogen and oxygen atoms in total. The van der Waals surface area contributed by atoms with Crippen LogP contribution in [0.5, 0.6) is 0 Å². The molecule has 1 saturated carbocycles. The van der Waals surface area contributed by atoms with Gasteiger partial charge in [0.2, 0.25) is 0 Å². The van der Waals surface area contributed by atoms with Gasteiger partial charge in [-0.2, -0.15) is 0 Å². The van der Waals surface area contributed by atoms with Crippen LogP contribution in [0.3, 0.4) is 0 Å². The van der Waals surface area contributed by atoms with Crippen molar-refractivity contribution in [2.45, 2.75) is 45.3 Å². The lowest BCUT2D eigenvalue weighted by Crippen LogP contribution is -2.33. The van der Waals surface area contributed by atoms with Crippen LogP contribution in [0.15, 0.2) is 12.2 Å². The molecule has 1 heterocycles. The summed E-state index contributed by atoms with van der Waals surface area (Å²) in [4.78, 5) is 23.0. The lowest BCUT2D eigenvalue weighted by atomic mass is 9.77. The van der Waals surface area contributed by atoms with E-state index in [4.69, 9.17) is 9.47 Å². The van der Waals surface area contributed by atoms with E-state index in [1.165, 1.54) is 0 Å². The van der Waals surface area contributed by atoms with Gasteiger partial charge in [-0.1, -0.05) is 6.58 Å². The van der Waals surface area contributed by atoms with Crippen LogP contribution in [0.25, 0.3) is 0 Å². The van der Waals surface area contributed by atoms with Gasteiger partial charge in [-0.05, 0) is 33.1 Å². The van der Waals surface area contributed by atoms with Crippen molar-refractivity contribution in [3.63, 3.8) is 0 Å². The lowest BCUT2D eigenvalue weighted by molar-refractivity contribution is -0.150. The molecule has 0 aromatic carbocycles. The van der Waals surface area contributed by atoms with E-state index < -0.39 is 0 Å². The highest BCUT2D eigenvalue weighted by Gasteiger charge is 2.46. The maximum atomic E-state index is 11.6. The van der Waals surface area contributed by atoms with Crippen LogP contribution in [0, 0.1) is 11.8 Å². The highest BCUT2D eigenvalue weighted by Crippen LogP contribution is 2.40. The Kier molecular flexibility index (Phi) is 3.22. The van der Waals surface area contributed by atoms with E-state index in [0.717, 1.165) is 12.8 Å². The summed E-state index contributed by atoms with van der Waals surface area (Å²) in [6.45, 7) is 7.11. The van der Waals surface area contributed by atoms with Crippen molar-refractivity contribution in [2.24, 2.45) is 11.8 Å². The number of fused-ring (bicyclic) bond motifs is 1. The predicted octanol–water partition coefficient (Wildman–Crippen LogP) is 1.84. The first-order valence-corrected chi connectivity index (χ1v) is 6.06. The first-order valence-electron chi connectivity index (χ1n) is 6.06. The van der Waals surface area contributed by atoms with Crippen molar-refractivity contribution in [2.75, 3.05) is 0 Å². The van der Waals surface area contributed by atoms with Crippen molar-refractivity contribution in [1.82, 2.24) is 0 Å². The molecule has 94 valence electrons. The van der Waals surface area contributed by atoms with Crippen molar-refractivity contribution in [3.05, 3.63) is 12.2 Å². The SMILES string of the molecule is C=C(C)C(=O)OC1CCC2C(C)OC(=O)C2C1. The molecule has 0 N–H and O–H groups in total. The molecule has 1 saturated heterocycles. The highest BCUT2D eigenvalue weighted by atomic mass is 16.6. The van der Waals surface area contributed by atoms with E-state index in [2.05, 4.69) is 6.58 Å². The number of ether oxygens (including phenoxy) is 2. The number of carbonyl (C=O) groups excluding carboxylic acids is 2. The Morgan fingerprint density at radius 1 is 1.47 bits per heavy atom. The fourth-order valence-electron chi connectivity index (χ4n) is 2.71. The molecule has 0 spiro atoms. The molecule has 17 heavy (non-hydrogen) atoms. The normalized spacial score (nSPS) is 36.0. The molecule has 1 aliphatic heterocycles. The van der Waals surface area contributed by atoms with E-state index in [9.17, 15) is 9.59 Å². The third kappa shape index (κ3) is 2.35. The molecular formula is C13H18O4. The Bertz CT molecular complexity index is 360. The zero-order valence-electron chi connectivity index (χ0n) is 10.3. The average Bonchev–Trinajstić information content (AvgIpc) is 2.54. The van der Waals surface area contributed by atoms with Crippen LogP contribution in [0.1, 0.15) is 33.1 Å². The van der Waals surface area contributed by atoms with Crippen LogP contribution in [-0.2, 0) is 19.1 Å². The largest absolute Gasteiger partial charge is 0.462 e. The number of cyclic esters (lactones) is 1. The van der Waals surface area contributed by atoms with Crippen LogP contribution in [0.2, 0.25) is 0 Å². The maximum Gasteiger partial charge on any atom is 0.333 e. The number of rotatable bonds is 2. The van der Waals surface area contributed by atoms with E-state index in [0.29, 0.717) is 17.9 Å². The minimum absolute atomic E-state index is 0.00490. The second-order valence-corrected chi connectivity index (χ2v) is 5.03. The first kappa shape index (κ1) is 12.1. The third-order valence-corrected chi connectivity index (χ3v) is 3.69. The second-order valence-electron chi connectivity index (χ2n) is 5.03. The molecule has 4 heteroatoms. The zero-order chi connectivity index (χ0) is 12.6. The number of hydrogen-bond donors (Lipinski definition) is 0. The average molecular weight is 238 g/mol. The zero-order valence-corrected chi connectivity index (χ0v) is 10.3. The van der Waals surface area contributed by atoms with E-state index in [-0.39, 0.29) is 30.1 Å². The molecule has 0 amide bonds. The van der Waals surface area contributed by atoms with Crippen molar-refractivity contribution in [3.8, 4) is 0 Å². The molecule has 4 atom stereocenters. The van der Waals surface area contributed by atoms with Crippen molar-refractivity contribution >= 4 is 11.9 Å². The van der Waals surface area contributed by atoms with Gasteiger partial charge in [-0.25, -0.2) is 4.79 Å². The smallest absolute Gasteiger partial charge is 0.333 e. The van der Waals surface area contributed by atoms with Gasteiger partial charge >= 0.3 is 11.9 Å².